The number of urea groups is 1. The molecule has 2 heterocycles. The lowest BCUT2D eigenvalue weighted by molar-refractivity contribution is -0.117. The van der Waals surface area contributed by atoms with E-state index in [9.17, 15) is 18.0 Å². The van der Waals surface area contributed by atoms with Crippen molar-refractivity contribution in [1.82, 2.24) is 24.5 Å². The minimum Gasteiger partial charge on any atom is -0.379 e. The lowest BCUT2D eigenvalue weighted by atomic mass is 10.3. The van der Waals surface area contributed by atoms with E-state index in [0.717, 1.165) is 5.52 Å². The molecule has 3 amide bonds. The number of carbonyl (C=O) groups excluding carboxylic acids is 2. The van der Waals surface area contributed by atoms with Crippen molar-refractivity contribution in [3.63, 3.8) is 0 Å². The number of ether oxygens (including phenoxy) is 1. The molecule has 0 spiro atoms. The van der Waals surface area contributed by atoms with Crippen LogP contribution in [0.2, 0.25) is 0 Å². The molecule has 1 saturated heterocycles. The van der Waals surface area contributed by atoms with Crippen LogP contribution in [-0.2, 0) is 26.1 Å². The van der Waals surface area contributed by atoms with Gasteiger partial charge in [0.05, 0.1) is 34.9 Å². The number of hydrogen-bond acceptors (Lipinski definition) is 7. The highest BCUT2D eigenvalue weighted by Gasteiger charge is 2.27. The van der Waals surface area contributed by atoms with Gasteiger partial charge >= 0.3 is 6.03 Å². The SMILES string of the molecule is CCn1c(SCC(=O)NC(=O)NC(C)C)nc2cc(S(=O)(=O)N3CCOCC3)ccc21. The lowest BCUT2D eigenvalue weighted by Crippen LogP contribution is -2.43. The summed E-state index contributed by atoms with van der Waals surface area (Å²) in [5.74, 6) is -0.429. The minimum absolute atomic E-state index is 0.00771. The third kappa shape index (κ3) is 5.56. The van der Waals surface area contributed by atoms with Gasteiger partial charge in [0, 0.05) is 25.7 Å². The maximum atomic E-state index is 12.9. The van der Waals surface area contributed by atoms with Gasteiger partial charge in [0.25, 0.3) is 0 Å². The van der Waals surface area contributed by atoms with Crippen molar-refractivity contribution in [2.24, 2.45) is 0 Å². The summed E-state index contributed by atoms with van der Waals surface area (Å²) in [7, 11) is -3.62. The Morgan fingerprint density at radius 1 is 1.26 bits per heavy atom. The van der Waals surface area contributed by atoms with Crippen LogP contribution in [0.5, 0.6) is 0 Å². The summed E-state index contributed by atoms with van der Waals surface area (Å²) in [6.45, 7) is 7.55. The zero-order valence-corrected chi connectivity index (χ0v) is 19.4. The standard InChI is InChI=1S/C19H27N5O5S2/c1-4-24-16-6-5-14(31(27,28)23-7-9-29-10-8-23)11-15(16)21-19(24)30-12-17(25)22-18(26)20-13(2)3/h5-6,11,13H,4,7-10,12H2,1-3H3,(H2,20,22,25,26). The van der Waals surface area contributed by atoms with Crippen LogP contribution in [0.15, 0.2) is 28.3 Å². The van der Waals surface area contributed by atoms with Crippen molar-refractivity contribution in [3.8, 4) is 0 Å². The Labute approximate surface area is 185 Å². The predicted molar refractivity (Wildman–Crippen MR) is 118 cm³/mol. The number of hydrogen-bond donors (Lipinski definition) is 2. The quantitative estimate of drug-likeness (QED) is 0.588. The first-order valence-electron chi connectivity index (χ1n) is 10.0. The third-order valence-corrected chi connectivity index (χ3v) is 7.48. The fourth-order valence-corrected chi connectivity index (χ4v) is 5.50. The first kappa shape index (κ1) is 23.5. The molecule has 10 nitrogen and oxygen atoms in total. The lowest BCUT2D eigenvalue weighted by Gasteiger charge is -2.26. The molecule has 170 valence electrons. The van der Waals surface area contributed by atoms with Gasteiger partial charge in [0.15, 0.2) is 5.16 Å². The minimum atomic E-state index is -3.62. The molecule has 0 atom stereocenters. The summed E-state index contributed by atoms with van der Waals surface area (Å²) in [5.41, 5.74) is 1.32. The van der Waals surface area contributed by atoms with Crippen molar-refractivity contribution >= 4 is 44.8 Å². The molecule has 0 aliphatic carbocycles. The Morgan fingerprint density at radius 2 is 1.97 bits per heavy atom. The van der Waals surface area contributed by atoms with E-state index in [1.807, 2.05) is 11.5 Å². The number of morpholine rings is 1. The summed E-state index contributed by atoms with van der Waals surface area (Å²) in [4.78, 5) is 28.4. The van der Waals surface area contributed by atoms with Gasteiger partial charge in [-0.2, -0.15) is 4.31 Å². The predicted octanol–water partition coefficient (Wildman–Crippen LogP) is 1.40. The molecule has 2 N–H and O–H groups in total. The fraction of sp³-hybridized carbons (Fsp3) is 0.526. The molecule has 0 unspecified atom stereocenters. The number of imide groups is 1. The molecule has 1 aliphatic heterocycles. The number of aryl methyl sites for hydroxylation is 1. The van der Waals surface area contributed by atoms with Gasteiger partial charge in [0.2, 0.25) is 15.9 Å². The van der Waals surface area contributed by atoms with Crippen LogP contribution < -0.4 is 10.6 Å². The van der Waals surface area contributed by atoms with E-state index in [1.54, 1.807) is 32.0 Å². The first-order chi connectivity index (χ1) is 14.7. The molecule has 1 fully saturated rings. The summed E-state index contributed by atoms with van der Waals surface area (Å²) in [5, 5.41) is 5.45. The van der Waals surface area contributed by atoms with Gasteiger partial charge < -0.3 is 14.6 Å². The topological polar surface area (TPSA) is 123 Å². The van der Waals surface area contributed by atoms with Gasteiger partial charge in [-0.1, -0.05) is 11.8 Å². The number of sulfonamides is 1. The van der Waals surface area contributed by atoms with E-state index in [2.05, 4.69) is 15.6 Å². The van der Waals surface area contributed by atoms with E-state index >= 15 is 0 Å². The van der Waals surface area contributed by atoms with Gasteiger partial charge in [-0.15, -0.1) is 0 Å². The van der Waals surface area contributed by atoms with Crippen molar-refractivity contribution in [2.45, 2.75) is 43.4 Å². The number of thioether (sulfide) groups is 1. The van der Waals surface area contributed by atoms with Gasteiger partial charge in [-0.25, -0.2) is 18.2 Å². The van der Waals surface area contributed by atoms with Crippen LogP contribution in [0.4, 0.5) is 4.79 Å². The molecule has 12 heteroatoms. The second-order valence-electron chi connectivity index (χ2n) is 7.27. The molecule has 1 aromatic carbocycles. The molecule has 0 saturated carbocycles. The highest BCUT2D eigenvalue weighted by Crippen LogP contribution is 2.27. The fourth-order valence-electron chi connectivity index (χ4n) is 3.19. The van der Waals surface area contributed by atoms with Crippen molar-refractivity contribution in [2.75, 3.05) is 32.1 Å². The number of rotatable bonds is 7. The highest BCUT2D eigenvalue weighted by atomic mass is 32.2. The molecule has 2 aromatic rings. The smallest absolute Gasteiger partial charge is 0.321 e. The van der Waals surface area contributed by atoms with E-state index in [0.29, 0.717) is 43.5 Å². The van der Waals surface area contributed by atoms with Crippen molar-refractivity contribution in [1.29, 1.82) is 0 Å². The maximum Gasteiger partial charge on any atom is 0.321 e. The molecule has 3 rings (SSSR count). The number of aromatic nitrogens is 2. The third-order valence-electron chi connectivity index (χ3n) is 4.61. The molecule has 1 aliphatic rings. The first-order valence-corrected chi connectivity index (χ1v) is 12.5. The highest BCUT2D eigenvalue weighted by molar-refractivity contribution is 7.99. The Balaban J connectivity index is 1.77. The number of benzene rings is 1. The molecular formula is C19H27N5O5S2. The molecular weight excluding hydrogens is 442 g/mol. The number of fused-ring (bicyclic) bond motifs is 1. The van der Waals surface area contributed by atoms with Crippen molar-refractivity contribution in [3.05, 3.63) is 18.2 Å². The largest absolute Gasteiger partial charge is 0.379 e. The molecule has 0 bridgehead atoms. The Kier molecular flexibility index (Phi) is 7.57. The number of nitrogens with zero attached hydrogens (tertiary/aromatic N) is 3. The second-order valence-corrected chi connectivity index (χ2v) is 10.2. The van der Waals surface area contributed by atoms with Crippen LogP contribution >= 0.6 is 11.8 Å². The maximum absolute atomic E-state index is 12.9. The average molecular weight is 470 g/mol. The van der Waals surface area contributed by atoms with Crippen LogP contribution in [-0.4, -0.2) is 72.3 Å². The summed E-state index contributed by atoms with van der Waals surface area (Å²) >= 11 is 1.19. The Morgan fingerprint density at radius 3 is 2.61 bits per heavy atom. The van der Waals surface area contributed by atoms with Gasteiger partial charge in [0.1, 0.15) is 0 Å². The zero-order valence-electron chi connectivity index (χ0n) is 17.8. The Bertz CT molecular complexity index is 1060. The van der Waals surface area contributed by atoms with Crippen LogP contribution in [0.25, 0.3) is 11.0 Å². The number of imidazole rings is 1. The van der Waals surface area contributed by atoms with E-state index in [4.69, 9.17) is 4.74 Å². The second kappa shape index (κ2) is 9.98. The molecule has 1 aromatic heterocycles. The van der Waals surface area contributed by atoms with Gasteiger partial charge in [-0.05, 0) is 39.0 Å². The van der Waals surface area contributed by atoms with Crippen LogP contribution in [0.1, 0.15) is 20.8 Å². The molecule has 31 heavy (non-hydrogen) atoms. The van der Waals surface area contributed by atoms with Gasteiger partial charge in [-0.3, -0.25) is 10.1 Å². The number of nitrogens with one attached hydrogen (secondary N) is 2. The van der Waals surface area contributed by atoms with E-state index in [1.165, 1.54) is 16.1 Å². The monoisotopic (exact) mass is 469 g/mol. The van der Waals surface area contributed by atoms with E-state index < -0.39 is 22.0 Å². The van der Waals surface area contributed by atoms with Crippen LogP contribution in [0.3, 0.4) is 0 Å². The molecule has 0 radical (unpaired) electrons. The summed E-state index contributed by atoms with van der Waals surface area (Å²) in [6, 6.07) is 4.26. The van der Waals surface area contributed by atoms with Crippen molar-refractivity contribution < 1.29 is 22.7 Å². The number of carbonyl (C=O) groups is 2. The van der Waals surface area contributed by atoms with Crippen LogP contribution in [0, 0.1) is 0 Å². The summed E-state index contributed by atoms with van der Waals surface area (Å²) in [6.07, 6.45) is 0. The summed E-state index contributed by atoms with van der Waals surface area (Å²) < 4.78 is 34.4. The Hall–Kier alpha value is -2.15. The normalized spacial score (nSPS) is 15.4. The zero-order chi connectivity index (χ0) is 22.6. The number of amides is 3. The average Bonchev–Trinajstić information content (AvgIpc) is 3.09. The van der Waals surface area contributed by atoms with E-state index in [-0.39, 0.29) is 16.7 Å².